The number of hydrogen-bond donors (Lipinski definition) is 0. The molecule has 18 heavy (non-hydrogen) atoms. The van der Waals surface area contributed by atoms with E-state index in [0.29, 0.717) is 0 Å². The first-order valence-corrected chi connectivity index (χ1v) is 7.71. The Kier molecular flexibility index (Phi) is 4.07. The lowest BCUT2D eigenvalue weighted by Gasteiger charge is -2.30. The minimum Gasteiger partial charge on any atom is -0.150 e. The third-order valence-corrected chi connectivity index (χ3v) is 5.75. The highest BCUT2D eigenvalue weighted by Crippen LogP contribution is 2.52. The van der Waals surface area contributed by atoms with Crippen molar-refractivity contribution < 1.29 is 0 Å². The van der Waals surface area contributed by atoms with Crippen molar-refractivity contribution in [2.45, 2.75) is 44.8 Å². The fourth-order valence-corrected chi connectivity index (χ4v) is 4.83. The molecule has 1 aromatic rings. The maximum Gasteiger partial charge on any atom is 0.0422 e. The fourth-order valence-electron chi connectivity index (χ4n) is 3.08. The zero-order valence-corrected chi connectivity index (χ0v) is 12.4. The zero-order chi connectivity index (χ0) is 13.2. The molecule has 1 heteroatoms. The van der Waals surface area contributed by atoms with Gasteiger partial charge in [0, 0.05) is 11.2 Å². The van der Waals surface area contributed by atoms with E-state index in [-0.39, 0.29) is 4.75 Å². The van der Waals surface area contributed by atoms with Gasteiger partial charge in [0.05, 0.1) is 0 Å². The van der Waals surface area contributed by atoms with Crippen LogP contribution in [0.3, 0.4) is 0 Å². The number of thioether (sulfide) groups is 1. The van der Waals surface area contributed by atoms with E-state index in [1.807, 2.05) is 0 Å². The summed E-state index contributed by atoms with van der Waals surface area (Å²) in [5.74, 6) is 4.88. The summed E-state index contributed by atoms with van der Waals surface area (Å²) in [6.07, 6.45) is 8.74. The molecule has 2 rings (SSSR count). The molecule has 96 valence electrons. The molecule has 2 atom stereocenters. The van der Waals surface area contributed by atoms with Crippen molar-refractivity contribution in [2.75, 3.05) is 5.75 Å². The van der Waals surface area contributed by atoms with Crippen LogP contribution < -0.4 is 0 Å². The van der Waals surface area contributed by atoms with Gasteiger partial charge in [-0.2, -0.15) is 11.8 Å². The first kappa shape index (κ1) is 13.6. The molecule has 0 saturated carbocycles. The van der Waals surface area contributed by atoms with Gasteiger partial charge < -0.3 is 0 Å². The van der Waals surface area contributed by atoms with Crippen LogP contribution in [0, 0.1) is 32.1 Å². The van der Waals surface area contributed by atoms with Crippen LogP contribution in [-0.2, 0) is 4.75 Å². The van der Waals surface area contributed by atoms with Gasteiger partial charge in [0.15, 0.2) is 0 Å². The molecule has 0 radical (unpaired) electrons. The largest absolute Gasteiger partial charge is 0.150 e. The van der Waals surface area contributed by atoms with Crippen molar-refractivity contribution in [1.29, 1.82) is 0 Å². The average molecular weight is 258 g/mol. The van der Waals surface area contributed by atoms with Crippen molar-refractivity contribution in [3.8, 4) is 12.3 Å². The number of benzene rings is 1. The van der Waals surface area contributed by atoms with Crippen LogP contribution in [0.4, 0.5) is 0 Å². The van der Waals surface area contributed by atoms with Crippen LogP contribution in [0.1, 0.15) is 42.9 Å². The van der Waals surface area contributed by atoms with Gasteiger partial charge in [0.1, 0.15) is 0 Å². The second kappa shape index (κ2) is 5.41. The summed E-state index contributed by atoms with van der Waals surface area (Å²) in [6.45, 7) is 6.76. The number of aryl methyl sites for hydroxylation is 2. The third-order valence-electron chi connectivity index (χ3n) is 3.87. The smallest absolute Gasteiger partial charge is 0.0422 e. The van der Waals surface area contributed by atoms with E-state index in [9.17, 15) is 0 Å². The first-order chi connectivity index (χ1) is 8.57. The predicted octanol–water partition coefficient (Wildman–Crippen LogP) is 4.69. The predicted molar refractivity (Wildman–Crippen MR) is 81.9 cm³/mol. The monoisotopic (exact) mass is 258 g/mol. The van der Waals surface area contributed by atoms with E-state index in [0.717, 1.165) is 18.8 Å². The highest BCUT2D eigenvalue weighted by molar-refractivity contribution is 8.00. The van der Waals surface area contributed by atoms with Crippen molar-refractivity contribution in [3.63, 3.8) is 0 Å². The third kappa shape index (κ3) is 2.59. The maximum atomic E-state index is 5.48. The van der Waals surface area contributed by atoms with Gasteiger partial charge in [-0.1, -0.05) is 30.7 Å². The van der Waals surface area contributed by atoms with Gasteiger partial charge >= 0.3 is 0 Å². The van der Waals surface area contributed by atoms with Gasteiger partial charge in [0.2, 0.25) is 0 Å². The summed E-state index contributed by atoms with van der Waals surface area (Å²) in [6, 6.07) is 6.87. The van der Waals surface area contributed by atoms with E-state index < -0.39 is 0 Å². The standard InChI is InChI=1S/C17H22S/c1-5-6-9-17(11-14(3)12-18-17)16-8-7-13(2)10-15(16)4/h1,7-8,10,14H,6,9,11-12H2,2-4H3. The van der Waals surface area contributed by atoms with Crippen molar-refractivity contribution in [2.24, 2.45) is 5.92 Å². The Morgan fingerprint density at radius 3 is 2.78 bits per heavy atom. The first-order valence-electron chi connectivity index (χ1n) is 6.72. The van der Waals surface area contributed by atoms with E-state index >= 15 is 0 Å². The molecule has 0 aliphatic carbocycles. The lowest BCUT2D eigenvalue weighted by atomic mass is 9.83. The van der Waals surface area contributed by atoms with Crippen molar-refractivity contribution in [1.82, 2.24) is 0 Å². The zero-order valence-electron chi connectivity index (χ0n) is 11.6. The molecule has 0 amide bonds. The van der Waals surface area contributed by atoms with E-state index in [1.54, 1.807) is 0 Å². The average Bonchev–Trinajstić information content (AvgIpc) is 2.69. The molecule has 1 heterocycles. The van der Waals surface area contributed by atoms with Crippen molar-refractivity contribution in [3.05, 3.63) is 34.9 Å². The molecule has 0 aromatic heterocycles. The number of rotatable bonds is 3. The Morgan fingerprint density at radius 1 is 1.44 bits per heavy atom. The van der Waals surface area contributed by atoms with Crippen LogP contribution >= 0.6 is 11.8 Å². The summed E-state index contributed by atoms with van der Waals surface area (Å²) < 4.78 is 0.267. The topological polar surface area (TPSA) is 0 Å². The molecule has 1 aliphatic heterocycles. The summed E-state index contributed by atoms with van der Waals surface area (Å²) in [5, 5.41) is 0. The molecular weight excluding hydrogens is 236 g/mol. The number of terminal acetylenes is 1. The van der Waals surface area contributed by atoms with Gasteiger partial charge in [0.25, 0.3) is 0 Å². The summed E-state index contributed by atoms with van der Waals surface area (Å²) in [7, 11) is 0. The lowest BCUT2D eigenvalue weighted by Crippen LogP contribution is -2.20. The summed E-state index contributed by atoms with van der Waals surface area (Å²) in [4.78, 5) is 0. The highest BCUT2D eigenvalue weighted by atomic mass is 32.2. The molecule has 1 fully saturated rings. The minimum atomic E-state index is 0.267. The molecular formula is C17H22S. The number of hydrogen-bond acceptors (Lipinski definition) is 1. The quantitative estimate of drug-likeness (QED) is 0.709. The molecule has 1 aromatic carbocycles. The SMILES string of the molecule is C#CCCC1(c2ccc(C)cc2C)CC(C)CS1. The van der Waals surface area contributed by atoms with Crippen LogP contribution in [0.5, 0.6) is 0 Å². The second-order valence-electron chi connectivity index (χ2n) is 5.64. The Hall–Kier alpha value is -0.870. The van der Waals surface area contributed by atoms with Crippen LogP contribution in [0.2, 0.25) is 0 Å². The molecule has 1 aliphatic rings. The van der Waals surface area contributed by atoms with Gasteiger partial charge in [-0.25, -0.2) is 0 Å². The minimum absolute atomic E-state index is 0.267. The van der Waals surface area contributed by atoms with Crippen LogP contribution in [0.25, 0.3) is 0 Å². The maximum absolute atomic E-state index is 5.48. The second-order valence-corrected chi connectivity index (χ2v) is 7.04. The molecule has 0 N–H and O–H groups in total. The fraction of sp³-hybridized carbons (Fsp3) is 0.529. The van der Waals surface area contributed by atoms with Gasteiger partial charge in [-0.15, -0.1) is 12.3 Å². The molecule has 0 bridgehead atoms. The normalized spacial score (nSPS) is 27.1. The Morgan fingerprint density at radius 2 is 2.22 bits per heavy atom. The van der Waals surface area contributed by atoms with E-state index in [1.165, 1.54) is 28.9 Å². The molecule has 0 spiro atoms. The van der Waals surface area contributed by atoms with Crippen LogP contribution in [-0.4, -0.2) is 5.75 Å². The van der Waals surface area contributed by atoms with E-state index in [4.69, 9.17) is 6.42 Å². The lowest BCUT2D eigenvalue weighted by molar-refractivity contribution is 0.477. The van der Waals surface area contributed by atoms with Gasteiger partial charge in [-0.3, -0.25) is 0 Å². The Labute approximate surface area is 116 Å². The Balaban J connectivity index is 2.37. The van der Waals surface area contributed by atoms with E-state index in [2.05, 4.69) is 56.7 Å². The summed E-state index contributed by atoms with van der Waals surface area (Å²) in [5.41, 5.74) is 4.28. The molecule has 2 unspecified atom stereocenters. The molecule has 0 nitrogen and oxygen atoms in total. The van der Waals surface area contributed by atoms with Crippen molar-refractivity contribution >= 4 is 11.8 Å². The van der Waals surface area contributed by atoms with Crippen LogP contribution in [0.15, 0.2) is 18.2 Å². The highest BCUT2D eigenvalue weighted by Gasteiger charge is 2.39. The molecule has 1 saturated heterocycles. The van der Waals surface area contributed by atoms with Gasteiger partial charge in [-0.05, 0) is 49.5 Å². The summed E-state index contributed by atoms with van der Waals surface area (Å²) >= 11 is 2.12. The Bertz CT molecular complexity index is 469.